The second-order valence-electron chi connectivity index (χ2n) is 4.41. The van der Waals surface area contributed by atoms with Crippen molar-refractivity contribution in [3.63, 3.8) is 0 Å². The summed E-state index contributed by atoms with van der Waals surface area (Å²) in [6, 6.07) is 9.93. The highest BCUT2D eigenvalue weighted by Gasteiger charge is 2.17. The van der Waals surface area contributed by atoms with E-state index in [9.17, 15) is 8.78 Å². The van der Waals surface area contributed by atoms with E-state index in [2.05, 4.69) is 10.1 Å². The van der Waals surface area contributed by atoms with Crippen LogP contribution in [0.2, 0.25) is 0 Å². The number of methoxy groups -OCH3 is 1. The minimum atomic E-state index is -2.84. The van der Waals surface area contributed by atoms with Gasteiger partial charge in [-0.25, -0.2) is 0 Å². The molecule has 1 atom stereocenters. The van der Waals surface area contributed by atoms with Gasteiger partial charge in [-0.3, -0.25) is 0 Å². The summed E-state index contributed by atoms with van der Waals surface area (Å²) in [4.78, 5) is 0. The highest BCUT2D eigenvalue weighted by molar-refractivity contribution is 5.34. The third kappa shape index (κ3) is 4.03. The lowest BCUT2D eigenvalue weighted by Crippen LogP contribution is -2.17. The Kier molecular flexibility index (Phi) is 5.30. The lowest BCUT2D eigenvalue weighted by atomic mass is 10.0. The first-order chi connectivity index (χ1) is 10.1. The van der Waals surface area contributed by atoms with Gasteiger partial charge in [0.05, 0.1) is 6.04 Å². The van der Waals surface area contributed by atoms with Gasteiger partial charge in [0.1, 0.15) is 23.9 Å². The Balaban J connectivity index is 2.23. The summed E-state index contributed by atoms with van der Waals surface area (Å²) in [5.74, 6) is 1.50. The predicted molar refractivity (Wildman–Crippen MR) is 73.4 cm³/mol. The van der Waals surface area contributed by atoms with Gasteiger partial charge < -0.3 is 19.2 Å². The molecule has 0 saturated heterocycles. The monoisotopic (exact) mass is 297 g/mol. The third-order valence-corrected chi connectivity index (χ3v) is 2.96. The molecule has 1 heterocycles. The molecule has 0 aliphatic carbocycles. The molecule has 6 heteroatoms. The molecule has 1 N–H and O–H groups in total. The lowest BCUT2D eigenvalue weighted by Gasteiger charge is -2.15. The van der Waals surface area contributed by atoms with Crippen molar-refractivity contribution in [2.45, 2.75) is 19.3 Å². The van der Waals surface area contributed by atoms with Crippen LogP contribution in [-0.4, -0.2) is 20.8 Å². The predicted octanol–water partition coefficient (Wildman–Crippen LogP) is 3.34. The first-order valence-electron chi connectivity index (χ1n) is 6.43. The van der Waals surface area contributed by atoms with Gasteiger partial charge in [0.15, 0.2) is 0 Å². The van der Waals surface area contributed by atoms with Gasteiger partial charge in [0, 0.05) is 7.11 Å². The second-order valence-corrected chi connectivity index (χ2v) is 4.41. The van der Waals surface area contributed by atoms with E-state index in [1.165, 1.54) is 6.07 Å². The summed E-state index contributed by atoms with van der Waals surface area (Å²) >= 11 is 0. The number of hydrogen-bond donors (Lipinski definition) is 1. The van der Waals surface area contributed by atoms with Crippen LogP contribution in [-0.2, 0) is 11.3 Å². The zero-order valence-corrected chi connectivity index (χ0v) is 11.8. The summed E-state index contributed by atoms with van der Waals surface area (Å²) < 4.78 is 39.7. The molecule has 2 rings (SSSR count). The standard InChI is InChI=1S/C15H17F2NO3/c1-18-14(13-7-6-12(20-13)9-19-2)10-4-3-5-11(8-10)21-15(16)17/h3-8,14-15,18H,9H2,1-2H3. The molecule has 1 aromatic carbocycles. The Morgan fingerprint density at radius 1 is 1.24 bits per heavy atom. The van der Waals surface area contributed by atoms with Crippen LogP contribution in [0.5, 0.6) is 5.75 Å². The minimum Gasteiger partial charge on any atom is -0.462 e. The molecule has 0 fully saturated rings. The molecule has 4 nitrogen and oxygen atoms in total. The van der Waals surface area contributed by atoms with Gasteiger partial charge in [0.2, 0.25) is 0 Å². The minimum absolute atomic E-state index is 0.117. The van der Waals surface area contributed by atoms with Crippen LogP contribution in [0.1, 0.15) is 23.1 Å². The molecule has 1 unspecified atom stereocenters. The van der Waals surface area contributed by atoms with E-state index in [1.807, 2.05) is 18.2 Å². The molecular formula is C15H17F2NO3. The highest BCUT2D eigenvalue weighted by atomic mass is 19.3. The number of rotatable bonds is 7. The number of benzene rings is 1. The molecule has 0 bridgehead atoms. The summed E-state index contributed by atoms with van der Waals surface area (Å²) in [6.45, 7) is -2.46. The van der Waals surface area contributed by atoms with E-state index in [-0.39, 0.29) is 11.8 Å². The summed E-state index contributed by atoms with van der Waals surface area (Å²) in [5.41, 5.74) is 0.772. The molecule has 0 amide bonds. The first-order valence-corrected chi connectivity index (χ1v) is 6.43. The van der Waals surface area contributed by atoms with Crippen molar-refractivity contribution < 1.29 is 22.7 Å². The number of ether oxygens (including phenoxy) is 2. The normalized spacial score (nSPS) is 12.6. The van der Waals surface area contributed by atoms with E-state index in [0.29, 0.717) is 18.1 Å². The zero-order chi connectivity index (χ0) is 15.2. The Bertz CT molecular complexity index is 572. The Labute approximate surface area is 121 Å². The lowest BCUT2D eigenvalue weighted by molar-refractivity contribution is -0.0498. The van der Waals surface area contributed by atoms with Crippen LogP contribution in [0.4, 0.5) is 8.78 Å². The average Bonchev–Trinajstić information content (AvgIpc) is 2.88. The second kappa shape index (κ2) is 7.19. The van der Waals surface area contributed by atoms with Crippen molar-refractivity contribution in [3.05, 3.63) is 53.5 Å². The number of alkyl halides is 2. The quantitative estimate of drug-likeness (QED) is 0.851. The zero-order valence-electron chi connectivity index (χ0n) is 11.8. The smallest absolute Gasteiger partial charge is 0.387 e. The fourth-order valence-electron chi connectivity index (χ4n) is 2.11. The number of furan rings is 1. The molecule has 0 radical (unpaired) electrons. The first kappa shape index (κ1) is 15.5. The van der Waals surface area contributed by atoms with E-state index >= 15 is 0 Å². The summed E-state index contributed by atoms with van der Waals surface area (Å²) in [6.07, 6.45) is 0. The molecule has 0 spiro atoms. The maximum absolute atomic E-state index is 12.3. The fraction of sp³-hybridized carbons (Fsp3) is 0.333. The van der Waals surface area contributed by atoms with Crippen molar-refractivity contribution in [2.75, 3.05) is 14.2 Å². The van der Waals surface area contributed by atoms with Crippen LogP contribution in [0.3, 0.4) is 0 Å². The van der Waals surface area contributed by atoms with Crippen molar-refractivity contribution in [3.8, 4) is 5.75 Å². The maximum atomic E-state index is 12.3. The van der Waals surface area contributed by atoms with E-state index in [0.717, 1.165) is 5.56 Å². The molecular weight excluding hydrogens is 280 g/mol. The molecule has 0 aliphatic heterocycles. The number of hydrogen-bond acceptors (Lipinski definition) is 4. The van der Waals surface area contributed by atoms with Crippen molar-refractivity contribution in [2.24, 2.45) is 0 Å². The van der Waals surface area contributed by atoms with Crippen molar-refractivity contribution in [1.29, 1.82) is 0 Å². The highest BCUT2D eigenvalue weighted by Crippen LogP contribution is 2.27. The molecule has 1 aromatic heterocycles. The Morgan fingerprint density at radius 2 is 2.05 bits per heavy atom. The van der Waals surface area contributed by atoms with Crippen LogP contribution in [0.25, 0.3) is 0 Å². The SMILES string of the molecule is CNC(c1cccc(OC(F)F)c1)c1ccc(COC)o1. The van der Waals surface area contributed by atoms with Crippen LogP contribution >= 0.6 is 0 Å². The van der Waals surface area contributed by atoms with Crippen LogP contribution in [0.15, 0.2) is 40.8 Å². The Morgan fingerprint density at radius 3 is 2.71 bits per heavy atom. The van der Waals surface area contributed by atoms with Gasteiger partial charge in [-0.2, -0.15) is 8.78 Å². The van der Waals surface area contributed by atoms with Gasteiger partial charge in [-0.05, 0) is 36.9 Å². The van der Waals surface area contributed by atoms with Crippen LogP contribution in [0, 0.1) is 0 Å². The molecule has 21 heavy (non-hydrogen) atoms. The van der Waals surface area contributed by atoms with Gasteiger partial charge in [-0.15, -0.1) is 0 Å². The molecule has 0 aliphatic rings. The fourth-order valence-corrected chi connectivity index (χ4v) is 2.11. The molecule has 0 saturated carbocycles. The summed E-state index contributed by atoms with van der Waals surface area (Å²) in [5, 5.41) is 3.09. The van der Waals surface area contributed by atoms with Crippen LogP contribution < -0.4 is 10.1 Å². The van der Waals surface area contributed by atoms with E-state index in [1.54, 1.807) is 26.3 Å². The number of halogens is 2. The maximum Gasteiger partial charge on any atom is 0.387 e. The van der Waals surface area contributed by atoms with Gasteiger partial charge >= 0.3 is 6.61 Å². The largest absolute Gasteiger partial charge is 0.462 e. The van der Waals surface area contributed by atoms with E-state index in [4.69, 9.17) is 9.15 Å². The van der Waals surface area contributed by atoms with Gasteiger partial charge in [-0.1, -0.05) is 12.1 Å². The topological polar surface area (TPSA) is 43.6 Å². The van der Waals surface area contributed by atoms with Crippen molar-refractivity contribution >= 4 is 0 Å². The number of nitrogens with one attached hydrogen (secondary N) is 1. The van der Waals surface area contributed by atoms with E-state index < -0.39 is 6.61 Å². The average molecular weight is 297 g/mol. The third-order valence-electron chi connectivity index (χ3n) is 2.96. The Hall–Kier alpha value is -1.92. The van der Waals surface area contributed by atoms with Crippen molar-refractivity contribution in [1.82, 2.24) is 5.32 Å². The summed E-state index contributed by atoms with van der Waals surface area (Å²) in [7, 11) is 3.35. The van der Waals surface area contributed by atoms with Gasteiger partial charge in [0.25, 0.3) is 0 Å². The molecule has 114 valence electrons. The molecule has 2 aromatic rings.